The van der Waals surface area contributed by atoms with Crippen molar-refractivity contribution in [3.8, 4) is 11.5 Å². The highest BCUT2D eigenvalue weighted by atomic mass is 79.9. The summed E-state index contributed by atoms with van der Waals surface area (Å²) in [5.74, 6) is 1.10. The molecular formula is C21H22BrNO3. The highest BCUT2D eigenvalue weighted by Crippen LogP contribution is 2.29. The third-order valence-corrected chi connectivity index (χ3v) is 4.32. The van der Waals surface area contributed by atoms with Gasteiger partial charge in [0.15, 0.2) is 5.78 Å². The number of hydrogen-bond acceptors (Lipinski definition) is 3. The van der Waals surface area contributed by atoms with Crippen molar-refractivity contribution in [2.24, 2.45) is 0 Å². The van der Waals surface area contributed by atoms with Crippen molar-refractivity contribution < 1.29 is 14.3 Å². The first-order chi connectivity index (χ1) is 12.5. The Morgan fingerprint density at radius 1 is 1.12 bits per heavy atom. The average molecular weight is 416 g/mol. The number of nitrogens with one attached hydrogen (secondary N) is 1. The molecule has 136 valence electrons. The van der Waals surface area contributed by atoms with Crippen LogP contribution >= 0.6 is 15.9 Å². The fourth-order valence-electron chi connectivity index (χ4n) is 2.23. The van der Waals surface area contributed by atoms with Crippen LogP contribution in [-0.2, 0) is 9.59 Å². The molecule has 2 aromatic carbocycles. The van der Waals surface area contributed by atoms with Crippen LogP contribution in [0.4, 0.5) is 0 Å². The van der Waals surface area contributed by atoms with Crippen LogP contribution in [0.5, 0.6) is 11.5 Å². The van der Waals surface area contributed by atoms with Gasteiger partial charge in [-0.1, -0.05) is 37.6 Å². The SMILES string of the molecule is CCCCC(=O)N/C(=C\c1ccc(Oc2ccccc2Br)cc1)C(C)=O. The summed E-state index contributed by atoms with van der Waals surface area (Å²) in [5.41, 5.74) is 1.11. The van der Waals surface area contributed by atoms with Gasteiger partial charge in [0, 0.05) is 13.3 Å². The largest absolute Gasteiger partial charge is 0.456 e. The van der Waals surface area contributed by atoms with E-state index in [1.165, 1.54) is 6.92 Å². The van der Waals surface area contributed by atoms with Crippen LogP contribution in [0, 0.1) is 0 Å². The number of Topliss-reactive ketones (excluding diaryl/α,β-unsaturated/α-hetero) is 1. The van der Waals surface area contributed by atoms with Crippen LogP contribution in [0.15, 0.2) is 58.7 Å². The molecule has 2 rings (SSSR count). The first-order valence-corrected chi connectivity index (χ1v) is 9.34. The summed E-state index contributed by atoms with van der Waals surface area (Å²) in [7, 11) is 0. The normalized spacial score (nSPS) is 11.1. The minimum atomic E-state index is -0.177. The first kappa shape index (κ1) is 19.9. The lowest BCUT2D eigenvalue weighted by Gasteiger charge is -2.09. The molecule has 26 heavy (non-hydrogen) atoms. The third-order valence-electron chi connectivity index (χ3n) is 3.67. The summed E-state index contributed by atoms with van der Waals surface area (Å²) >= 11 is 3.45. The zero-order valence-corrected chi connectivity index (χ0v) is 16.5. The molecule has 0 bridgehead atoms. The number of para-hydroxylation sites is 1. The van der Waals surface area contributed by atoms with Gasteiger partial charge in [-0.25, -0.2) is 0 Å². The molecule has 1 amide bonds. The average Bonchev–Trinajstić information content (AvgIpc) is 2.62. The summed E-state index contributed by atoms with van der Waals surface area (Å²) in [6.07, 6.45) is 3.83. The Kier molecular flexibility index (Phi) is 7.60. The van der Waals surface area contributed by atoms with Crippen molar-refractivity contribution >= 4 is 33.7 Å². The summed E-state index contributed by atoms with van der Waals surface area (Å²) < 4.78 is 6.69. The van der Waals surface area contributed by atoms with Gasteiger partial charge in [0.05, 0.1) is 10.2 Å². The van der Waals surface area contributed by atoms with Crippen LogP contribution in [0.25, 0.3) is 6.08 Å². The van der Waals surface area contributed by atoms with Gasteiger partial charge in [-0.15, -0.1) is 0 Å². The molecule has 0 aliphatic heterocycles. The molecule has 0 aliphatic carbocycles. The Morgan fingerprint density at radius 2 is 1.81 bits per heavy atom. The molecule has 0 aliphatic rings. The second kappa shape index (κ2) is 9.92. The fraction of sp³-hybridized carbons (Fsp3) is 0.238. The topological polar surface area (TPSA) is 55.4 Å². The van der Waals surface area contributed by atoms with E-state index in [1.54, 1.807) is 6.08 Å². The number of benzene rings is 2. The van der Waals surface area contributed by atoms with Gasteiger partial charge in [-0.05, 0) is 58.3 Å². The van der Waals surface area contributed by atoms with Crippen LogP contribution < -0.4 is 10.1 Å². The highest BCUT2D eigenvalue weighted by Gasteiger charge is 2.09. The van der Waals surface area contributed by atoms with Gasteiger partial charge in [-0.3, -0.25) is 9.59 Å². The maximum atomic E-state index is 11.9. The van der Waals surface area contributed by atoms with Crippen LogP contribution in [0.2, 0.25) is 0 Å². The molecule has 0 heterocycles. The number of hydrogen-bond donors (Lipinski definition) is 1. The van der Waals surface area contributed by atoms with Crippen molar-refractivity contribution in [1.82, 2.24) is 5.32 Å². The van der Waals surface area contributed by atoms with E-state index in [0.29, 0.717) is 17.9 Å². The van der Waals surface area contributed by atoms with Crippen molar-refractivity contribution in [1.29, 1.82) is 0 Å². The van der Waals surface area contributed by atoms with Crippen molar-refractivity contribution in [2.45, 2.75) is 33.1 Å². The summed E-state index contributed by atoms with van der Waals surface area (Å²) in [4.78, 5) is 23.7. The van der Waals surface area contributed by atoms with Crippen molar-refractivity contribution in [2.75, 3.05) is 0 Å². The lowest BCUT2D eigenvalue weighted by atomic mass is 10.1. The Morgan fingerprint density at radius 3 is 2.42 bits per heavy atom. The summed E-state index contributed by atoms with van der Waals surface area (Å²) in [6.45, 7) is 3.46. The number of ketones is 1. The zero-order valence-electron chi connectivity index (χ0n) is 14.9. The van der Waals surface area contributed by atoms with E-state index in [2.05, 4.69) is 21.2 Å². The molecule has 4 nitrogen and oxygen atoms in total. The minimum absolute atomic E-state index is 0.137. The van der Waals surface area contributed by atoms with E-state index in [0.717, 1.165) is 28.6 Å². The number of carbonyl (C=O) groups excluding carboxylic acids is 2. The van der Waals surface area contributed by atoms with E-state index in [9.17, 15) is 9.59 Å². The number of carbonyl (C=O) groups is 2. The number of unbranched alkanes of at least 4 members (excludes halogenated alkanes) is 1. The smallest absolute Gasteiger partial charge is 0.224 e. The van der Waals surface area contributed by atoms with E-state index >= 15 is 0 Å². The predicted molar refractivity (Wildman–Crippen MR) is 107 cm³/mol. The second-order valence-corrected chi connectivity index (χ2v) is 6.72. The van der Waals surface area contributed by atoms with Gasteiger partial charge >= 0.3 is 0 Å². The first-order valence-electron chi connectivity index (χ1n) is 8.54. The van der Waals surface area contributed by atoms with Crippen LogP contribution in [0.3, 0.4) is 0 Å². The fourth-order valence-corrected chi connectivity index (χ4v) is 2.59. The van der Waals surface area contributed by atoms with Crippen LogP contribution in [-0.4, -0.2) is 11.7 Å². The van der Waals surface area contributed by atoms with E-state index in [1.807, 2.05) is 55.5 Å². The summed E-state index contributed by atoms with van der Waals surface area (Å²) in [6, 6.07) is 14.9. The molecule has 5 heteroatoms. The number of amides is 1. The third kappa shape index (κ3) is 6.15. The maximum Gasteiger partial charge on any atom is 0.224 e. The second-order valence-electron chi connectivity index (χ2n) is 5.87. The Hall–Kier alpha value is -2.40. The number of allylic oxidation sites excluding steroid dienone is 1. The predicted octanol–water partition coefficient (Wildman–Crippen LogP) is 5.48. The lowest BCUT2D eigenvalue weighted by molar-refractivity contribution is -0.122. The maximum absolute atomic E-state index is 11.9. The molecule has 0 atom stereocenters. The number of rotatable bonds is 8. The Balaban J connectivity index is 2.09. The van der Waals surface area contributed by atoms with Crippen molar-refractivity contribution in [3.05, 3.63) is 64.3 Å². The van der Waals surface area contributed by atoms with E-state index in [4.69, 9.17) is 4.74 Å². The molecule has 0 radical (unpaired) electrons. The van der Waals surface area contributed by atoms with Gasteiger partial charge in [0.1, 0.15) is 11.5 Å². The van der Waals surface area contributed by atoms with Gasteiger partial charge < -0.3 is 10.1 Å². The van der Waals surface area contributed by atoms with Gasteiger partial charge in [-0.2, -0.15) is 0 Å². The molecule has 0 fully saturated rings. The molecule has 0 unspecified atom stereocenters. The molecule has 0 spiro atoms. The molecule has 0 aromatic heterocycles. The molecular weight excluding hydrogens is 394 g/mol. The van der Waals surface area contributed by atoms with E-state index < -0.39 is 0 Å². The standard InChI is InChI=1S/C21H22BrNO3/c1-3-4-9-21(25)23-19(15(2)24)14-16-10-12-17(13-11-16)26-20-8-6-5-7-18(20)22/h5-8,10-14H,3-4,9H2,1-2H3,(H,23,25)/b19-14-. The Labute approximate surface area is 162 Å². The van der Waals surface area contributed by atoms with Gasteiger partial charge in [0.2, 0.25) is 5.91 Å². The Bertz CT molecular complexity index is 797. The van der Waals surface area contributed by atoms with E-state index in [-0.39, 0.29) is 11.7 Å². The number of halogens is 1. The molecule has 1 N–H and O–H groups in total. The lowest BCUT2D eigenvalue weighted by Crippen LogP contribution is -2.25. The molecule has 2 aromatic rings. The highest BCUT2D eigenvalue weighted by molar-refractivity contribution is 9.10. The molecule has 0 saturated carbocycles. The monoisotopic (exact) mass is 415 g/mol. The van der Waals surface area contributed by atoms with Crippen molar-refractivity contribution in [3.63, 3.8) is 0 Å². The molecule has 0 saturated heterocycles. The quantitative estimate of drug-likeness (QED) is 0.580. The van der Waals surface area contributed by atoms with Gasteiger partial charge in [0.25, 0.3) is 0 Å². The number of ether oxygens (including phenoxy) is 1. The zero-order chi connectivity index (χ0) is 18.9. The van der Waals surface area contributed by atoms with Crippen LogP contribution in [0.1, 0.15) is 38.7 Å². The summed E-state index contributed by atoms with van der Waals surface area (Å²) in [5, 5.41) is 2.70. The minimum Gasteiger partial charge on any atom is -0.456 e.